The Bertz CT molecular complexity index is 367. The molecule has 17 heavy (non-hydrogen) atoms. The van der Waals surface area contributed by atoms with Crippen molar-refractivity contribution in [1.29, 1.82) is 0 Å². The van der Waals surface area contributed by atoms with Crippen LogP contribution in [0.25, 0.3) is 0 Å². The molecule has 5 heteroatoms. The molecule has 0 saturated heterocycles. The van der Waals surface area contributed by atoms with Crippen molar-refractivity contribution in [2.45, 2.75) is 39.2 Å². The lowest BCUT2D eigenvalue weighted by Crippen LogP contribution is -2.34. The first-order chi connectivity index (χ1) is 8.21. The third-order valence-corrected chi connectivity index (χ3v) is 2.64. The van der Waals surface area contributed by atoms with Crippen LogP contribution >= 0.6 is 0 Å². The molecule has 0 bridgehead atoms. The summed E-state index contributed by atoms with van der Waals surface area (Å²) in [4.78, 5) is 15.9. The zero-order valence-electron chi connectivity index (χ0n) is 10.4. The van der Waals surface area contributed by atoms with Crippen molar-refractivity contribution >= 4 is 11.7 Å². The molecular formula is C12H20N4O. The number of nitrogens with zero attached hydrogens (tertiary/aromatic N) is 1. The number of anilines is 1. The quantitative estimate of drug-likeness (QED) is 0.518. The number of nitrogens with one attached hydrogen (secondary N) is 2. The van der Waals surface area contributed by atoms with Gasteiger partial charge in [-0.25, -0.2) is 10.8 Å². The normalized spacial score (nSPS) is 11.9. The highest BCUT2D eigenvalue weighted by atomic mass is 16.1. The molecule has 1 aromatic rings. The summed E-state index contributed by atoms with van der Waals surface area (Å²) in [5, 5.41) is 3.00. The lowest BCUT2D eigenvalue weighted by atomic mass is 10.1. The number of nitrogen functional groups attached to an aromatic ring is 1. The first-order valence-corrected chi connectivity index (χ1v) is 5.94. The summed E-state index contributed by atoms with van der Waals surface area (Å²) in [5.41, 5.74) is 3.00. The van der Waals surface area contributed by atoms with E-state index in [0.717, 1.165) is 19.3 Å². The van der Waals surface area contributed by atoms with Gasteiger partial charge in [0.2, 0.25) is 0 Å². The minimum absolute atomic E-state index is 0.0794. The fraction of sp³-hybridized carbons (Fsp3) is 0.500. The molecule has 1 rings (SSSR count). The number of aromatic nitrogens is 1. The smallest absolute Gasteiger partial charge is 0.251 e. The van der Waals surface area contributed by atoms with Crippen molar-refractivity contribution in [3.63, 3.8) is 0 Å². The van der Waals surface area contributed by atoms with Crippen LogP contribution in [0.2, 0.25) is 0 Å². The van der Waals surface area contributed by atoms with Gasteiger partial charge in [-0.3, -0.25) is 4.79 Å². The maximum atomic E-state index is 11.9. The van der Waals surface area contributed by atoms with E-state index < -0.39 is 0 Å². The molecule has 0 aromatic carbocycles. The predicted molar refractivity (Wildman–Crippen MR) is 68.5 cm³/mol. The lowest BCUT2D eigenvalue weighted by molar-refractivity contribution is 0.0933. The average Bonchev–Trinajstić information content (AvgIpc) is 2.38. The van der Waals surface area contributed by atoms with Crippen LogP contribution in [0.5, 0.6) is 0 Å². The molecule has 1 heterocycles. The number of carbonyl (C=O) groups is 1. The van der Waals surface area contributed by atoms with Gasteiger partial charge in [0.1, 0.15) is 5.82 Å². The molecule has 0 radical (unpaired) electrons. The van der Waals surface area contributed by atoms with Crippen LogP contribution in [0, 0.1) is 0 Å². The second-order valence-electron chi connectivity index (χ2n) is 3.94. The van der Waals surface area contributed by atoms with E-state index in [9.17, 15) is 4.79 Å². The van der Waals surface area contributed by atoms with Crippen LogP contribution in [0.1, 0.15) is 43.5 Å². The van der Waals surface area contributed by atoms with Crippen LogP contribution < -0.4 is 16.6 Å². The van der Waals surface area contributed by atoms with Crippen molar-refractivity contribution in [3.05, 3.63) is 23.9 Å². The SMILES string of the molecule is CCCC(CC)NC(=O)c1ccnc(NN)c1. The molecule has 1 unspecified atom stereocenters. The van der Waals surface area contributed by atoms with Gasteiger partial charge in [0.25, 0.3) is 5.91 Å². The van der Waals surface area contributed by atoms with Gasteiger partial charge in [-0.15, -0.1) is 0 Å². The summed E-state index contributed by atoms with van der Waals surface area (Å²) in [6.07, 6.45) is 4.55. The van der Waals surface area contributed by atoms with E-state index in [0.29, 0.717) is 11.4 Å². The predicted octanol–water partition coefficient (Wildman–Crippen LogP) is 1.68. The van der Waals surface area contributed by atoms with Crippen LogP contribution in [0.15, 0.2) is 18.3 Å². The maximum Gasteiger partial charge on any atom is 0.251 e. The second-order valence-corrected chi connectivity index (χ2v) is 3.94. The topological polar surface area (TPSA) is 80.0 Å². The molecule has 0 aliphatic rings. The van der Waals surface area contributed by atoms with Gasteiger partial charge >= 0.3 is 0 Å². The maximum absolute atomic E-state index is 11.9. The van der Waals surface area contributed by atoms with Crippen LogP contribution in [-0.4, -0.2) is 16.9 Å². The number of pyridine rings is 1. The van der Waals surface area contributed by atoms with E-state index in [1.54, 1.807) is 18.3 Å². The van der Waals surface area contributed by atoms with Crippen molar-refractivity contribution in [2.75, 3.05) is 5.43 Å². The van der Waals surface area contributed by atoms with Crippen molar-refractivity contribution in [1.82, 2.24) is 10.3 Å². The minimum atomic E-state index is -0.0794. The molecule has 1 atom stereocenters. The number of nitrogens with two attached hydrogens (primary N) is 1. The highest BCUT2D eigenvalue weighted by molar-refractivity contribution is 5.94. The van der Waals surface area contributed by atoms with Gasteiger partial charge in [-0.05, 0) is 25.0 Å². The van der Waals surface area contributed by atoms with Crippen LogP contribution in [-0.2, 0) is 0 Å². The van der Waals surface area contributed by atoms with Gasteiger partial charge in [0.05, 0.1) is 0 Å². The van der Waals surface area contributed by atoms with E-state index in [1.165, 1.54) is 0 Å². The number of hydrogen-bond donors (Lipinski definition) is 3. The Balaban J connectivity index is 2.68. The Hall–Kier alpha value is -1.62. The Morgan fingerprint density at radius 1 is 1.53 bits per heavy atom. The monoisotopic (exact) mass is 236 g/mol. The number of carbonyl (C=O) groups excluding carboxylic acids is 1. The summed E-state index contributed by atoms with van der Waals surface area (Å²) in [6, 6.07) is 3.54. The Labute approximate surface area is 102 Å². The molecule has 0 fully saturated rings. The highest BCUT2D eigenvalue weighted by Crippen LogP contribution is 2.07. The van der Waals surface area contributed by atoms with Crippen molar-refractivity contribution in [3.8, 4) is 0 Å². The fourth-order valence-corrected chi connectivity index (χ4v) is 1.65. The number of rotatable bonds is 6. The van der Waals surface area contributed by atoms with Crippen LogP contribution in [0.4, 0.5) is 5.82 Å². The molecule has 1 amide bonds. The second kappa shape index (κ2) is 6.85. The number of hydrogen-bond acceptors (Lipinski definition) is 4. The largest absolute Gasteiger partial charge is 0.349 e. The summed E-state index contributed by atoms with van der Waals surface area (Å²) in [6.45, 7) is 4.18. The van der Waals surface area contributed by atoms with Crippen molar-refractivity contribution in [2.24, 2.45) is 5.84 Å². The standard InChI is InChI=1S/C12H20N4O/c1-3-5-10(4-2)15-12(17)9-6-7-14-11(8-9)16-13/h6-8,10H,3-5,13H2,1-2H3,(H,14,16)(H,15,17). The highest BCUT2D eigenvalue weighted by Gasteiger charge is 2.11. The third kappa shape index (κ3) is 4.03. The summed E-state index contributed by atoms with van der Waals surface area (Å²) in [7, 11) is 0. The first-order valence-electron chi connectivity index (χ1n) is 5.94. The average molecular weight is 236 g/mol. The van der Waals surface area contributed by atoms with Crippen molar-refractivity contribution < 1.29 is 4.79 Å². The molecule has 0 spiro atoms. The molecule has 1 aromatic heterocycles. The zero-order chi connectivity index (χ0) is 12.7. The zero-order valence-corrected chi connectivity index (χ0v) is 10.4. The first kappa shape index (κ1) is 13.4. The van der Waals surface area contributed by atoms with Gasteiger partial charge in [-0.2, -0.15) is 0 Å². The Morgan fingerprint density at radius 3 is 2.88 bits per heavy atom. The fourth-order valence-electron chi connectivity index (χ4n) is 1.65. The van der Waals surface area contributed by atoms with Gasteiger partial charge in [0, 0.05) is 17.8 Å². The van der Waals surface area contributed by atoms with Gasteiger partial charge in [-0.1, -0.05) is 20.3 Å². The molecule has 0 saturated carbocycles. The third-order valence-electron chi connectivity index (χ3n) is 2.64. The van der Waals surface area contributed by atoms with E-state index in [4.69, 9.17) is 5.84 Å². The van der Waals surface area contributed by atoms with Crippen LogP contribution in [0.3, 0.4) is 0 Å². The van der Waals surface area contributed by atoms with E-state index in [2.05, 4.69) is 29.6 Å². The van der Waals surface area contributed by atoms with E-state index >= 15 is 0 Å². The molecule has 0 aliphatic heterocycles. The van der Waals surface area contributed by atoms with Gasteiger partial charge < -0.3 is 10.7 Å². The molecule has 4 N–H and O–H groups in total. The van der Waals surface area contributed by atoms with Gasteiger partial charge in [0.15, 0.2) is 0 Å². The number of amides is 1. The molecule has 94 valence electrons. The summed E-state index contributed by atoms with van der Waals surface area (Å²) in [5.74, 6) is 5.66. The Kier molecular flexibility index (Phi) is 5.42. The molecule has 0 aliphatic carbocycles. The lowest BCUT2D eigenvalue weighted by Gasteiger charge is -2.16. The van der Waals surface area contributed by atoms with E-state index in [-0.39, 0.29) is 11.9 Å². The molecular weight excluding hydrogens is 216 g/mol. The summed E-state index contributed by atoms with van der Waals surface area (Å²) >= 11 is 0. The number of hydrazine groups is 1. The summed E-state index contributed by atoms with van der Waals surface area (Å²) < 4.78 is 0. The van der Waals surface area contributed by atoms with E-state index in [1.807, 2.05) is 0 Å². The molecule has 5 nitrogen and oxygen atoms in total. The minimum Gasteiger partial charge on any atom is -0.349 e. The Morgan fingerprint density at radius 2 is 2.29 bits per heavy atom.